The van der Waals surface area contributed by atoms with Crippen molar-refractivity contribution in [2.24, 2.45) is 5.14 Å². The smallest absolute Gasteiger partial charge is 0.213 e. The quantitative estimate of drug-likeness (QED) is 0.859. The van der Waals surface area contributed by atoms with Crippen LogP contribution in [0.5, 0.6) is 0 Å². The topological polar surface area (TPSA) is 63.4 Å². The second kappa shape index (κ2) is 4.43. The molecule has 0 amide bonds. The molecular weight excluding hydrogens is 224 g/mol. The zero-order valence-electron chi connectivity index (χ0n) is 9.09. The SMILES string of the molecule is NS(=O)(=O)Cc1cccc(N2CCCC2)c1. The first-order chi connectivity index (χ1) is 7.54. The molecule has 1 aromatic rings. The lowest BCUT2D eigenvalue weighted by molar-refractivity contribution is 0.597. The van der Waals surface area contributed by atoms with Crippen molar-refractivity contribution in [3.05, 3.63) is 29.8 Å². The van der Waals surface area contributed by atoms with E-state index in [0.29, 0.717) is 0 Å². The molecule has 0 atom stereocenters. The maximum absolute atomic E-state index is 11.0. The van der Waals surface area contributed by atoms with Crippen LogP contribution < -0.4 is 10.0 Å². The molecule has 0 aromatic heterocycles. The summed E-state index contributed by atoms with van der Waals surface area (Å²) in [4.78, 5) is 2.27. The Morgan fingerprint density at radius 2 is 1.94 bits per heavy atom. The maximum Gasteiger partial charge on any atom is 0.213 e. The van der Waals surface area contributed by atoms with Crippen LogP contribution in [0.2, 0.25) is 0 Å². The molecule has 0 unspecified atom stereocenters. The number of primary sulfonamides is 1. The van der Waals surface area contributed by atoms with Gasteiger partial charge in [-0.2, -0.15) is 0 Å². The normalized spacial score (nSPS) is 16.7. The molecule has 0 bridgehead atoms. The van der Waals surface area contributed by atoms with Crippen LogP contribution in [0.3, 0.4) is 0 Å². The Labute approximate surface area is 96.1 Å². The van der Waals surface area contributed by atoms with Crippen LogP contribution in [0.25, 0.3) is 0 Å². The third-order valence-corrected chi connectivity index (χ3v) is 3.49. The third kappa shape index (κ3) is 2.96. The van der Waals surface area contributed by atoms with E-state index >= 15 is 0 Å². The Morgan fingerprint density at radius 3 is 2.56 bits per heavy atom. The van der Waals surface area contributed by atoms with Gasteiger partial charge in [-0.25, -0.2) is 13.6 Å². The molecule has 0 spiro atoms. The first-order valence-corrected chi connectivity index (χ1v) is 7.10. The van der Waals surface area contributed by atoms with Gasteiger partial charge in [0, 0.05) is 18.8 Å². The molecule has 1 aromatic carbocycles. The zero-order valence-corrected chi connectivity index (χ0v) is 9.91. The maximum atomic E-state index is 11.0. The van der Waals surface area contributed by atoms with E-state index in [9.17, 15) is 8.42 Å². The van der Waals surface area contributed by atoms with Crippen LogP contribution in [0.15, 0.2) is 24.3 Å². The molecule has 0 aliphatic carbocycles. The highest BCUT2D eigenvalue weighted by molar-refractivity contribution is 7.88. The standard InChI is InChI=1S/C11H16N2O2S/c12-16(14,15)9-10-4-3-5-11(8-10)13-6-1-2-7-13/h3-5,8H,1-2,6-7,9H2,(H2,12,14,15). The number of hydrogen-bond donors (Lipinski definition) is 1. The van der Waals surface area contributed by atoms with Gasteiger partial charge in [0.15, 0.2) is 0 Å². The molecule has 1 aliphatic rings. The summed E-state index contributed by atoms with van der Waals surface area (Å²) in [5.41, 5.74) is 1.85. The van der Waals surface area contributed by atoms with Crippen LogP contribution >= 0.6 is 0 Å². The van der Waals surface area contributed by atoms with Crippen molar-refractivity contribution in [1.29, 1.82) is 0 Å². The van der Waals surface area contributed by atoms with E-state index in [4.69, 9.17) is 5.14 Å². The average Bonchev–Trinajstić information content (AvgIpc) is 2.68. The van der Waals surface area contributed by atoms with Gasteiger partial charge in [-0.15, -0.1) is 0 Å². The van der Waals surface area contributed by atoms with E-state index < -0.39 is 10.0 Å². The average molecular weight is 240 g/mol. The summed E-state index contributed by atoms with van der Waals surface area (Å²) in [5, 5.41) is 5.03. The molecule has 1 fully saturated rings. The summed E-state index contributed by atoms with van der Waals surface area (Å²) in [5.74, 6) is -0.0886. The molecule has 1 aliphatic heterocycles. The molecule has 88 valence electrons. The number of nitrogens with two attached hydrogens (primary N) is 1. The first-order valence-electron chi connectivity index (χ1n) is 5.39. The van der Waals surface area contributed by atoms with Crippen molar-refractivity contribution < 1.29 is 8.42 Å². The predicted octanol–water partition coefficient (Wildman–Crippen LogP) is 1.08. The minimum Gasteiger partial charge on any atom is -0.372 e. The molecule has 5 heteroatoms. The number of benzene rings is 1. The van der Waals surface area contributed by atoms with Gasteiger partial charge in [-0.3, -0.25) is 0 Å². The van der Waals surface area contributed by atoms with Gasteiger partial charge in [0.05, 0.1) is 5.75 Å². The summed E-state index contributed by atoms with van der Waals surface area (Å²) in [7, 11) is -3.44. The second-order valence-electron chi connectivity index (χ2n) is 4.17. The van der Waals surface area contributed by atoms with Crippen LogP contribution in [-0.2, 0) is 15.8 Å². The Morgan fingerprint density at radius 1 is 1.25 bits per heavy atom. The van der Waals surface area contributed by atoms with Crippen LogP contribution in [0, 0.1) is 0 Å². The Kier molecular flexibility index (Phi) is 3.16. The molecule has 4 nitrogen and oxygen atoms in total. The van der Waals surface area contributed by atoms with Crippen LogP contribution in [-0.4, -0.2) is 21.5 Å². The van der Waals surface area contributed by atoms with E-state index in [1.165, 1.54) is 12.8 Å². The highest BCUT2D eigenvalue weighted by Gasteiger charge is 2.13. The number of rotatable bonds is 3. The summed E-state index contributed by atoms with van der Waals surface area (Å²) in [6.07, 6.45) is 2.42. The Bertz CT molecular complexity index is 465. The lowest BCUT2D eigenvalue weighted by Gasteiger charge is -2.18. The third-order valence-electron chi connectivity index (χ3n) is 2.75. The lowest BCUT2D eigenvalue weighted by Crippen LogP contribution is -2.18. The van der Waals surface area contributed by atoms with Gasteiger partial charge in [0.2, 0.25) is 10.0 Å². The van der Waals surface area contributed by atoms with Crippen molar-refractivity contribution in [2.45, 2.75) is 18.6 Å². The molecule has 1 heterocycles. The van der Waals surface area contributed by atoms with Gasteiger partial charge < -0.3 is 4.90 Å². The predicted molar refractivity (Wildman–Crippen MR) is 64.7 cm³/mol. The Hall–Kier alpha value is -1.07. The zero-order chi connectivity index (χ0) is 11.6. The number of nitrogens with zero attached hydrogens (tertiary/aromatic N) is 1. The van der Waals surface area contributed by atoms with Crippen LogP contribution in [0.4, 0.5) is 5.69 Å². The molecule has 0 saturated carbocycles. The largest absolute Gasteiger partial charge is 0.372 e. The van der Waals surface area contributed by atoms with Gasteiger partial charge >= 0.3 is 0 Å². The second-order valence-corrected chi connectivity index (χ2v) is 5.79. The number of hydrogen-bond acceptors (Lipinski definition) is 3. The fourth-order valence-electron chi connectivity index (χ4n) is 2.05. The molecule has 16 heavy (non-hydrogen) atoms. The van der Waals surface area contributed by atoms with Crippen molar-refractivity contribution in [3.63, 3.8) is 0 Å². The van der Waals surface area contributed by atoms with Gasteiger partial charge in [-0.1, -0.05) is 12.1 Å². The summed E-state index contributed by atoms with van der Waals surface area (Å²) in [6, 6.07) is 7.60. The first kappa shape index (κ1) is 11.4. The molecule has 2 N–H and O–H groups in total. The Balaban J connectivity index is 2.19. The minimum atomic E-state index is -3.44. The fourth-order valence-corrected chi connectivity index (χ4v) is 2.69. The molecule has 1 saturated heterocycles. The van der Waals surface area contributed by atoms with E-state index in [1.54, 1.807) is 6.07 Å². The van der Waals surface area contributed by atoms with E-state index in [0.717, 1.165) is 24.3 Å². The number of anilines is 1. The van der Waals surface area contributed by atoms with E-state index in [-0.39, 0.29) is 5.75 Å². The van der Waals surface area contributed by atoms with E-state index in [1.807, 2.05) is 18.2 Å². The summed E-state index contributed by atoms with van der Waals surface area (Å²) in [6.45, 7) is 2.11. The number of sulfonamides is 1. The molecular formula is C11H16N2O2S. The monoisotopic (exact) mass is 240 g/mol. The molecule has 0 radical (unpaired) electrons. The molecule has 2 rings (SSSR count). The van der Waals surface area contributed by atoms with Crippen molar-refractivity contribution in [1.82, 2.24) is 0 Å². The van der Waals surface area contributed by atoms with Crippen LogP contribution in [0.1, 0.15) is 18.4 Å². The summed E-state index contributed by atoms with van der Waals surface area (Å²) < 4.78 is 22.0. The minimum absolute atomic E-state index is 0.0886. The summed E-state index contributed by atoms with van der Waals surface area (Å²) >= 11 is 0. The highest BCUT2D eigenvalue weighted by Crippen LogP contribution is 2.21. The van der Waals surface area contributed by atoms with Crippen molar-refractivity contribution in [3.8, 4) is 0 Å². The van der Waals surface area contributed by atoms with E-state index in [2.05, 4.69) is 4.90 Å². The van der Waals surface area contributed by atoms with Gasteiger partial charge in [0.25, 0.3) is 0 Å². The highest BCUT2D eigenvalue weighted by atomic mass is 32.2. The van der Waals surface area contributed by atoms with Crippen molar-refractivity contribution >= 4 is 15.7 Å². The van der Waals surface area contributed by atoms with Gasteiger partial charge in [0.1, 0.15) is 0 Å². The lowest BCUT2D eigenvalue weighted by atomic mass is 10.2. The van der Waals surface area contributed by atoms with Gasteiger partial charge in [-0.05, 0) is 30.5 Å². The fraction of sp³-hybridized carbons (Fsp3) is 0.455. The van der Waals surface area contributed by atoms with Crippen molar-refractivity contribution in [2.75, 3.05) is 18.0 Å².